The summed E-state index contributed by atoms with van der Waals surface area (Å²) in [7, 11) is 0. The van der Waals surface area contributed by atoms with E-state index in [4.69, 9.17) is 4.52 Å². The van der Waals surface area contributed by atoms with Crippen LogP contribution in [0.15, 0.2) is 28.8 Å². The van der Waals surface area contributed by atoms with Gasteiger partial charge in [0.05, 0.1) is 18.2 Å². The third-order valence-electron chi connectivity index (χ3n) is 5.87. The first-order valence-corrected chi connectivity index (χ1v) is 10.3. The lowest BCUT2D eigenvalue weighted by atomic mass is 9.83. The zero-order chi connectivity index (χ0) is 19.4. The SMILES string of the molecule is Cc1noc(C)c1CC(=O)NC(c1ccc(C2CCCCC2)cc1)C(C)C. The standard InChI is InChI=1S/C23H32N2O2/c1-15(2)23(24-22(26)14-21-16(3)25-27-17(21)4)20-12-10-19(11-13-20)18-8-6-5-7-9-18/h10-13,15,18,23H,5-9,14H2,1-4H3,(H,24,26). The van der Waals surface area contributed by atoms with Crippen molar-refractivity contribution in [1.29, 1.82) is 0 Å². The van der Waals surface area contributed by atoms with Gasteiger partial charge in [0.15, 0.2) is 0 Å². The van der Waals surface area contributed by atoms with Crippen molar-refractivity contribution >= 4 is 5.91 Å². The van der Waals surface area contributed by atoms with E-state index >= 15 is 0 Å². The molecule has 1 fully saturated rings. The molecule has 0 aliphatic heterocycles. The third kappa shape index (κ3) is 4.79. The van der Waals surface area contributed by atoms with Gasteiger partial charge in [0, 0.05) is 5.56 Å². The molecular weight excluding hydrogens is 336 g/mol. The number of rotatable bonds is 6. The van der Waals surface area contributed by atoms with Crippen LogP contribution in [0.4, 0.5) is 0 Å². The molecule has 1 aliphatic rings. The monoisotopic (exact) mass is 368 g/mol. The summed E-state index contributed by atoms with van der Waals surface area (Å²) in [6.45, 7) is 8.03. The van der Waals surface area contributed by atoms with Gasteiger partial charge in [0.25, 0.3) is 0 Å². The van der Waals surface area contributed by atoms with Crippen molar-refractivity contribution in [3.63, 3.8) is 0 Å². The van der Waals surface area contributed by atoms with Crippen molar-refractivity contribution in [1.82, 2.24) is 10.5 Å². The Morgan fingerprint density at radius 2 is 1.81 bits per heavy atom. The van der Waals surface area contributed by atoms with E-state index in [0.29, 0.717) is 18.3 Å². The van der Waals surface area contributed by atoms with Crippen LogP contribution in [0.1, 0.15) is 86.1 Å². The number of aryl methyl sites for hydroxylation is 2. The van der Waals surface area contributed by atoms with E-state index in [2.05, 4.69) is 48.6 Å². The molecule has 1 aromatic heterocycles. The zero-order valence-corrected chi connectivity index (χ0v) is 17.0. The first kappa shape index (κ1) is 19.7. The Labute approximate surface area is 162 Å². The molecule has 4 heteroatoms. The predicted molar refractivity (Wildman–Crippen MR) is 108 cm³/mol. The Hall–Kier alpha value is -2.10. The van der Waals surface area contributed by atoms with Crippen LogP contribution >= 0.6 is 0 Å². The molecule has 4 nitrogen and oxygen atoms in total. The lowest BCUT2D eigenvalue weighted by Gasteiger charge is -2.25. The second-order valence-corrected chi connectivity index (χ2v) is 8.27. The smallest absolute Gasteiger partial charge is 0.225 e. The number of hydrogen-bond donors (Lipinski definition) is 1. The summed E-state index contributed by atoms with van der Waals surface area (Å²) in [6, 6.07) is 8.94. The molecule has 1 amide bonds. The second kappa shape index (κ2) is 8.73. The number of nitrogens with one attached hydrogen (secondary N) is 1. The molecule has 1 unspecified atom stereocenters. The van der Waals surface area contributed by atoms with Gasteiger partial charge in [-0.1, -0.05) is 62.5 Å². The molecule has 1 saturated carbocycles. The molecule has 0 bridgehead atoms. The van der Waals surface area contributed by atoms with Gasteiger partial charge in [-0.25, -0.2) is 0 Å². The molecule has 146 valence electrons. The summed E-state index contributed by atoms with van der Waals surface area (Å²) in [5, 5.41) is 7.16. The summed E-state index contributed by atoms with van der Waals surface area (Å²) in [4.78, 5) is 12.6. The number of hydrogen-bond acceptors (Lipinski definition) is 3. The summed E-state index contributed by atoms with van der Waals surface area (Å²) in [5.41, 5.74) is 4.31. The fourth-order valence-electron chi connectivity index (χ4n) is 4.19. The molecule has 1 atom stereocenters. The third-order valence-corrected chi connectivity index (χ3v) is 5.87. The summed E-state index contributed by atoms with van der Waals surface area (Å²) in [6.07, 6.45) is 6.99. The Bertz CT molecular complexity index is 736. The average Bonchev–Trinajstić information content (AvgIpc) is 2.99. The van der Waals surface area contributed by atoms with Gasteiger partial charge in [-0.15, -0.1) is 0 Å². The first-order chi connectivity index (χ1) is 13.0. The average molecular weight is 369 g/mol. The molecule has 0 radical (unpaired) electrons. The zero-order valence-electron chi connectivity index (χ0n) is 17.0. The van der Waals surface area contributed by atoms with Crippen LogP contribution in [0.25, 0.3) is 0 Å². The van der Waals surface area contributed by atoms with E-state index in [1.165, 1.54) is 43.2 Å². The van der Waals surface area contributed by atoms with Crippen LogP contribution in [0, 0.1) is 19.8 Å². The first-order valence-electron chi connectivity index (χ1n) is 10.3. The van der Waals surface area contributed by atoms with Gasteiger partial charge in [0.2, 0.25) is 5.91 Å². The minimum Gasteiger partial charge on any atom is -0.361 e. The molecule has 1 heterocycles. The van der Waals surface area contributed by atoms with Crippen LogP contribution in [0.3, 0.4) is 0 Å². The van der Waals surface area contributed by atoms with Crippen molar-refractivity contribution in [2.24, 2.45) is 5.92 Å². The fourth-order valence-corrected chi connectivity index (χ4v) is 4.19. The van der Waals surface area contributed by atoms with E-state index in [9.17, 15) is 4.79 Å². The maximum atomic E-state index is 12.6. The highest BCUT2D eigenvalue weighted by Gasteiger charge is 2.21. The summed E-state index contributed by atoms with van der Waals surface area (Å²) >= 11 is 0. The van der Waals surface area contributed by atoms with Crippen LogP contribution in [0.5, 0.6) is 0 Å². The van der Waals surface area contributed by atoms with E-state index in [1.54, 1.807) is 0 Å². The molecule has 27 heavy (non-hydrogen) atoms. The minimum absolute atomic E-state index is 0.0124. The van der Waals surface area contributed by atoms with Gasteiger partial charge in [-0.05, 0) is 49.7 Å². The van der Waals surface area contributed by atoms with Crippen molar-refractivity contribution in [2.75, 3.05) is 0 Å². The maximum Gasteiger partial charge on any atom is 0.225 e. The van der Waals surface area contributed by atoms with Gasteiger partial charge in [0.1, 0.15) is 5.76 Å². The summed E-state index contributed by atoms with van der Waals surface area (Å²) < 4.78 is 5.17. The number of aromatic nitrogens is 1. The Balaban J connectivity index is 1.68. The molecule has 2 aromatic rings. The van der Waals surface area contributed by atoms with E-state index in [1.807, 2.05) is 13.8 Å². The number of carbonyl (C=O) groups excluding carboxylic acids is 1. The summed E-state index contributed by atoms with van der Waals surface area (Å²) in [5.74, 6) is 1.76. The number of carbonyl (C=O) groups is 1. The molecule has 0 saturated heterocycles. The van der Waals surface area contributed by atoms with Crippen molar-refractivity contribution in [3.05, 3.63) is 52.4 Å². The van der Waals surface area contributed by atoms with Gasteiger partial charge in [-0.3, -0.25) is 4.79 Å². The van der Waals surface area contributed by atoms with Crippen molar-refractivity contribution in [3.8, 4) is 0 Å². The highest BCUT2D eigenvalue weighted by Crippen LogP contribution is 2.33. The highest BCUT2D eigenvalue weighted by molar-refractivity contribution is 5.79. The normalized spacial score (nSPS) is 16.5. The van der Waals surface area contributed by atoms with E-state index in [0.717, 1.165) is 17.0 Å². The van der Waals surface area contributed by atoms with Crippen LogP contribution < -0.4 is 5.32 Å². The quantitative estimate of drug-likeness (QED) is 0.743. The molecule has 1 aliphatic carbocycles. The van der Waals surface area contributed by atoms with E-state index in [-0.39, 0.29) is 11.9 Å². The fraction of sp³-hybridized carbons (Fsp3) is 0.565. The lowest BCUT2D eigenvalue weighted by molar-refractivity contribution is -0.121. The van der Waals surface area contributed by atoms with E-state index < -0.39 is 0 Å². The largest absolute Gasteiger partial charge is 0.361 e. The van der Waals surface area contributed by atoms with Crippen LogP contribution in [-0.4, -0.2) is 11.1 Å². The van der Waals surface area contributed by atoms with Crippen LogP contribution in [0.2, 0.25) is 0 Å². The predicted octanol–water partition coefficient (Wildman–Crippen LogP) is 5.40. The van der Waals surface area contributed by atoms with Crippen molar-refractivity contribution < 1.29 is 9.32 Å². The Morgan fingerprint density at radius 1 is 1.15 bits per heavy atom. The van der Waals surface area contributed by atoms with Gasteiger partial charge < -0.3 is 9.84 Å². The second-order valence-electron chi connectivity index (χ2n) is 8.27. The molecule has 0 spiro atoms. The maximum absolute atomic E-state index is 12.6. The molecule has 1 N–H and O–H groups in total. The van der Waals surface area contributed by atoms with Crippen LogP contribution in [-0.2, 0) is 11.2 Å². The number of nitrogens with zero attached hydrogens (tertiary/aromatic N) is 1. The van der Waals surface area contributed by atoms with Crippen molar-refractivity contribution in [2.45, 2.75) is 78.2 Å². The number of benzene rings is 1. The van der Waals surface area contributed by atoms with Gasteiger partial charge >= 0.3 is 0 Å². The number of amides is 1. The molecule has 3 rings (SSSR count). The molecule has 1 aromatic carbocycles. The lowest BCUT2D eigenvalue weighted by Crippen LogP contribution is -2.33. The Kier molecular flexibility index (Phi) is 6.35. The topological polar surface area (TPSA) is 55.1 Å². The Morgan fingerprint density at radius 3 is 2.37 bits per heavy atom. The minimum atomic E-state index is 0.0124. The van der Waals surface area contributed by atoms with Gasteiger partial charge in [-0.2, -0.15) is 0 Å². The molecular formula is C23H32N2O2. The highest BCUT2D eigenvalue weighted by atomic mass is 16.5.